The van der Waals surface area contributed by atoms with Gasteiger partial charge in [-0.1, -0.05) is 29.8 Å². The predicted molar refractivity (Wildman–Crippen MR) is 92.7 cm³/mol. The number of carbonyl (C=O) groups excluding carboxylic acids is 3. The lowest BCUT2D eigenvalue weighted by atomic mass is 9.97. The lowest BCUT2D eigenvalue weighted by Crippen LogP contribution is -2.44. The molecule has 1 saturated heterocycles. The van der Waals surface area contributed by atoms with Crippen LogP contribution in [0.5, 0.6) is 0 Å². The number of benzene rings is 1. The van der Waals surface area contributed by atoms with Crippen molar-refractivity contribution in [2.24, 2.45) is 5.92 Å². The number of likely N-dealkylation sites (tertiary alicyclic amines) is 1. The van der Waals surface area contributed by atoms with E-state index < -0.39 is 11.8 Å². The minimum atomic E-state index is -0.632. The first-order valence-corrected chi connectivity index (χ1v) is 8.44. The van der Waals surface area contributed by atoms with Crippen LogP contribution in [0.25, 0.3) is 0 Å². The maximum absolute atomic E-state index is 11.9. The van der Waals surface area contributed by atoms with E-state index in [-0.39, 0.29) is 12.0 Å². The van der Waals surface area contributed by atoms with Gasteiger partial charge in [0.1, 0.15) is 0 Å². The molecule has 2 rings (SSSR count). The molecule has 1 aromatic carbocycles. The number of piperidine rings is 1. The minimum absolute atomic E-state index is 0.259. The summed E-state index contributed by atoms with van der Waals surface area (Å²) < 4.78 is 4.69. The molecule has 0 atom stereocenters. The highest BCUT2D eigenvalue weighted by molar-refractivity contribution is 6.35. The molecule has 0 radical (unpaired) electrons. The molecule has 1 heterocycles. The Balaban J connectivity index is 1.67. The maximum atomic E-state index is 11.9. The molecule has 0 bridgehead atoms. The van der Waals surface area contributed by atoms with E-state index in [0.29, 0.717) is 26.2 Å². The third kappa shape index (κ3) is 5.77. The van der Waals surface area contributed by atoms with Crippen molar-refractivity contribution < 1.29 is 19.1 Å². The number of methoxy groups -OCH3 is 1. The lowest BCUT2D eigenvalue weighted by Gasteiger charge is -2.30. The summed E-state index contributed by atoms with van der Waals surface area (Å²) in [5.74, 6) is -0.996. The van der Waals surface area contributed by atoms with Gasteiger partial charge in [-0.15, -0.1) is 0 Å². The zero-order valence-electron chi connectivity index (χ0n) is 14.7. The molecule has 136 valence electrons. The molecule has 0 saturated carbocycles. The van der Waals surface area contributed by atoms with Gasteiger partial charge in [0, 0.05) is 26.2 Å². The molecule has 0 spiro atoms. The first kappa shape index (κ1) is 18.8. The fraction of sp³-hybridized carbons (Fsp3) is 0.500. The van der Waals surface area contributed by atoms with Crippen LogP contribution in [0.1, 0.15) is 24.0 Å². The van der Waals surface area contributed by atoms with E-state index in [2.05, 4.69) is 15.4 Å². The van der Waals surface area contributed by atoms with Gasteiger partial charge in [0.15, 0.2) is 0 Å². The Hall–Kier alpha value is -2.57. The van der Waals surface area contributed by atoms with Crippen molar-refractivity contribution in [2.45, 2.75) is 26.3 Å². The average Bonchev–Trinajstić information content (AvgIpc) is 2.65. The summed E-state index contributed by atoms with van der Waals surface area (Å²) in [6.07, 6.45) is 1.23. The van der Waals surface area contributed by atoms with Crippen molar-refractivity contribution in [1.29, 1.82) is 0 Å². The van der Waals surface area contributed by atoms with Crippen LogP contribution in [0.4, 0.5) is 4.79 Å². The Morgan fingerprint density at radius 3 is 2.28 bits per heavy atom. The Kier molecular flexibility index (Phi) is 6.80. The van der Waals surface area contributed by atoms with Gasteiger partial charge in [-0.3, -0.25) is 9.59 Å². The van der Waals surface area contributed by atoms with E-state index in [1.807, 2.05) is 31.2 Å². The summed E-state index contributed by atoms with van der Waals surface area (Å²) >= 11 is 0. The molecule has 3 amide bonds. The summed E-state index contributed by atoms with van der Waals surface area (Å²) in [5, 5.41) is 5.29. The summed E-state index contributed by atoms with van der Waals surface area (Å²) in [7, 11) is 1.36. The molecule has 7 heteroatoms. The van der Waals surface area contributed by atoms with Gasteiger partial charge in [-0.05, 0) is 31.2 Å². The molecule has 0 aromatic heterocycles. The molecule has 0 unspecified atom stereocenters. The van der Waals surface area contributed by atoms with Gasteiger partial charge >= 0.3 is 17.9 Å². The molecule has 1 aliphatic heterocycles. The number of hydrogen-bond donors (Lipinski definition) is 2. The van der Waals surface area contributed by atoms with Crippen LogP contribution < -0.4 is 10.6 Å². The highest BCUT2D eigenvalue weighted by Gasteiger charge is 2.24. The molecule has 25 heavy (non-hydrogen) atoms. The van der Waals surface area contributed by atoms with Crippen molar-refractivity contribution in [1.82, 2.24) is 15.5 Å². The number of amides is 3. The van der Waals surface area contributed by atoms with Crippen LogP contribution in [-0.2, 0) is 20.9 Å². The largest absolute Gasteiger partial charge is 0.453 e. The second-order valence-corrected chi connectivity index (χ2v) is 6.28. The summed E-state index contributed by atoms with van der Waals surface area (Å²) in [6.45, 7) is 3.96. The van der Waals surface area contributed by atoms with Crippen LogP contribution >= 0.6 is 0 Å². The van der Waals surface area contributed by atoms with Crippen molar-refractivity contribution in [3.05, 3.63) is 35.4 Å². The van der Waals surface area contributed by atoms with E-state index in [1.54, 1.807) is 4.90 Å². The van der Waals surface area contributed by atoms with E-state index in [0.717, 1.165) is 24.0 Å². The molecule has 1 fully saturated rings. The van der Waals surface area contributed by atoms with Crippen LogP contribution in [0.15, 0.2) is 24.3 Å². The smallest absolute Gasteiger partial charge is 0.409 e. The second kappa shape index (κ2) is 9.05. The zero-order valence-corrected chi connectivity index (χ0v) is 14.7. The van der Waals surface area contributed by atoms with Crippen molar-refractivity contribution in [2.75, 3.05) is 26.7 Å². The van der Waals surface area contributed by atoms with Crippen LogP contribution in [0.2, 0.25) is 0 Å². The Morgan fingerprint density at radius 1 is 1.08 bits per heavy atom. The van der Waals surface area contributed by atoms with Gasteiger partial charge < -0.3 is 20.3 Å². The van der Waals surface area contributed by atoms with E-state index >= 15 is 0 Å². The summed E-state index contributed by atoms with van der Waals surface area (Å²) in [5.41, 5.74) is 2.09. The van der Waals surface area contributed by atoms with Gasteiger partial charge in [0.25, 0.3) is 0 Å². The average molecular weight is 347 g/mol. The van der Waals surface area contributed by atoms with Gasteiger partial charge in [-0.2, -0.15) is 0 Å². The topological polar surface area (TPSA) is 87.7 Å². The third-order valence-corrected chi connectivity index (χ3v) is 4.38. The number of rotatable bonds is 4. The van der Waals surface area contributed by atoms with E-state index in [1.165, 1.54) is 7.11 Å². The van der Waals surface area contributed by atoms with Crippen LogP contribution in [-0.4, -0.2) is 49.6 Å². The van der Waals surface area contributed by atoms with Crippen molar-refractivity contribution in [3.8, 4) is 0 Å². The monoisotopic (exact) mass is 347 g/mol. The zero-order chi connectivity index (χ0) is 18.2. The van der Waals surface area contributed by atoms with Crippen LogP contribution in [0, 0.1) is 12.8 Å². The molecular weight excluding hydrogens is 322 g/mol. The highest BCUT2D eigenvalue weighted by atomic mass is 16.5. The first-order chi connectivity index (χ1) is 12.0. The number of nitrogens with one attached hydrogen (secondary N) is 2. The molecular formula is C18H25N3O4. The summed E-state index contributed by atoms with van der Waals surface area (Å²) in [4.78, 5) is 36.8. The molecule has 0 aliphatic carbocycles. The van der Waals surface area contributed by atoms with Crippen molar-refractivity contribution in [3.63, 3.8) is 0 Å². The fourth-order valence-corrected chi connectivity index (χ4v) is 2.73. The van der Waals surface area contributed by atoms with Gasteiger partial charge in [0.05, 0.1) is 7.11 Å². The lowest BCUT2D eigenvalue weighted by molar-refractivity contribution is -0.139. The number of nitrogens with zero attached hydrogens (tertiary/aromatic N) is 1. The predicted octanol–water partition coefficient (Wildman–Crippen LogP) is 1.21. The number of ether oxygens (including phenoxy) is 1. The first-order valence-electron chi connectivity index (χ1n) is 8.44. The van der Waals surface area contributed by atoms with Crippen LogP contribution in [0.3, 0.4) is 0 Å². The summed E-state index contributed by atoms with van der Waals surface area (Å²) in [6, 6.07) is 7.76. The maximum Gasteiger partial charge on any atom is 0.409 e. The van der Waals surface area contributed by atoms with E-state index in [4.69, 9.17) is 0 Å². The highest BCUT2D eigenvalue weighted by Crippen LogP contribution is 2.16. The SMILES string of the molecule is COC(=O)N1CCC(CNC(=O)C(=O)NCc2ccc(C)cc2)CC1. The quantitative estimate of drug-likeness (QED) is 0.802. The fourth-order valence-electron chi connectivity index (χ4n) is 2.73. The Bertz CT molecular complexity index is 607. The Labute approximate surface area is 147 Å². The van der Waals surface area contributed by atoms with Gasteiger partial charge in [-0.25, -0.2) is 4.79 Å². The molecule has 1 aliphatic rings. The standard InChI is InChI=1S/C18H25N3O4/c1-13-3-5-14(6-4-13)11-19-16(22)17(23)20-12-15-7-9-21(10-8-15)18(24)25-2/h3-6,15H,7-12H2,1-2H3,(H,19,22)(H,20,23). The number of carbonyl (C=O) groups is 3. The van der Waals surface area contributed by atoms with Gasteiger partial charge in [0.2, 0.25) is 0 Å². The minimum Gasteiger partial charge on any atom is -0.453 e. The second-order valence-electron chi connectivity index (χ2n) is 6.28. The molecule has 2 N–H and O–H groups in total. The molecule has 7 nitrogen and oxygen atoms in total. The number of hydrogen-bond acceptors (Lipinski definition) is 4. The molecule has 1 aromatic rings. The Morgan fingerprint density at radius 2 is 1.68 bits per heavy atom. The number of aryl methyl sites for hydroxylation is 1. The normalized spacial score (nSPS) is 14.7. The third-order valence-electron chi connectivity index (χ3n) is 4.38. The van der Waals surface area contributed by atoms with Crippen molar-refractivity contribution >= 4 is 17.9 Å². The van der Waals surface area contributed by atoms with E-state index in [9.17, 15) is 14.4 Å².